The van der Waals surface area contributed by atoms with Crippen molar-refractivity contribution in [3.8, 4) is 16.8 Å². The van der Waals surface area contributed by atoms with Crippen molar-refractivity contribution in [3.05, 3.63) is 113 Å². The SMILES string of the molecule is CN1CC=C(c2cc(-c3ccc(F)cc3)ccc2-n2c(=O)ccc3cc(S(=O)(=O)Nc4ccon4)ccc32)CC1.O=C(O)C(F)(F)F. The number of benzene rings is 3. The van der Waals surface area contributed by atoms with Crippen molar-refractivity contribution in [3.63, 3.8) is 0 Å². The van der Waals surface area contributed by atoms with Gasteiger partial charge in [0.1, 0.15) is 12.1 Å². The lowest BCUT2D eigenvalue weighted by molar-refractivity contribution is -0.192. The van der Waals surface area contributed by atoms with E-state index in [1.807, 2.05) is 18.2 Å². The molecule has 10 nitrogen and oxygen atoms in total. The zero-order valence-electron chi connectivity index (χ0n) is 24.5. The summed E-state index contributed by atoms with van der Waals surface area (Å²) in [6, 6.07) is 21.2. The largest absolute Gasteiger partial charge is 0.490 e. The minimum absolute atomic E-state index is 0.0260. The van der Waals surface area contributed by atoms with E-state index in [0.717, 1.165) is 41.8 Å². The van der Waals surface area contributed by atoms with Crippen LogP contribution in [-0.4, -0.2) is 60.4 Å². The molecule has 0 saturated heterocycles. The van der Waals surface area contributed by atoms with E-state index in [1.165, 1.54) is 42.7 Å². The summed E-state index contributed by atoms with van der Waals surface area (Å²) in [7, 11) is -1.88. The van der Waals surface area contributed by atoms with Crippen LogP contribution in [0.2, 0.25) is 0 Å². The summed E-state index contributed by atoms with van der Waals surface area (Å²) in [6.07, 6.45) is -0.852. The normalized spacial score (nSPS) is 13.9. The second kappa shape index (κ2) is 13.2. The quantitative estimate of drug-likeness (QED) is 0.212. The number of sulfonamides is 1. The molecule has 3 heterocycles. The first-order chi connectivity index (χ1) is 22.2. The Morgan fingerprint density at radius 2 is 1.68 bits per heavy atom. The molecule has 0 atom stereocenters. The average molecular weight is 671 g/mol. The molecule has 2 aromatic heterocycles. The zero-order chi connectivity index (χ0) is 33.9. The van der Waals surface area contributed by atoms with Crippen LogP contribution in [0.3, 0.4) is 0 Å². The molecule has 0 bridgehead atoms. The number of aromatic nitrogens is 2. The highest BCUT2D eigenvalue weighted by Gasteiger charge is 2.38. The van der Waals surface area contributed by atoms with E-state index in [9.17, 15) is 30.8 Å². The molecule has 6 rings (SSSR count). The van der Waals surface area contributed by atoms with Crippen molar-refractivity contribution in [2.45, 2.75) is 17.5 Å². The van der Waals surface area contributed by atoms with Crippen LogP contribution in [0.1, 0.15) is 12.0 Å². The van der Waals surface area contributed by atoms with Crippen LogP contribution in [0, 0.1) is 5.82 Å². The molecule has 0 fully saturated rings. The molecule has 15 heteroatoms. The lowest BCUT2D eigenvalue weighted by atomic mass is 9.93. The van der Waals surface area contributed by atoms with Gasteiger partial charge in [-0.2, -0.15) is 13.2 Å². The number of rotatable bonds is 6. The zero-order valence-corrected chi connectivity index (χ0v) is 25.3. The third kappa shape index (κ3) is 7.58. The maximum Gasteiger partial charge on any atom is 0.490 e. The molecule has 1 aliphatic rings. The predicted molar refractivity (Wildman–Crippen MR) is 166 cm³/mol. The molecule has 3 aromatic carbocycles. The second-order valence-electron chi connectivity index (χ2n) is 10.5. The van der Waals surface area contributed by atoms with Crippen LogP contribution in [0.25, 0.3) is 33.3 Å². The highest BCUT2D eigenvalue weighted by atomic mass is 32.2. The summed E-state index contributed by atoms with van der Waals surface area (Å²) in [5, 5.41) is 11.3. The van der Waals surface area contributed by atoms with Crippen molar-refractivity contribution in [2.24, 2.45) is 0 Å². The Morgan fingerprint density at radius 1 is 0.979 bits per heavy atom. The van der Waals surface area contributed by atoms with Gasteiger partial charge in [0.15, 0.2) is 5.82 Å². The Hall–Kier alpha value is -5.28. The number of carboxylic acids is 1. The number of alkyl halides is 3. The van der Waals surface area contributed by atoms with Gasteiger partial charge in [0.2, 0.25) is 0 Å². The molecule has 0 aliphatic carbocycles. The molecule has 47 heavy (non-hydrogen) atoms. The fourth-order valence-electron chi connectivity index (χ4n) is 4.93. The standard InChI is InChI=1S/C30H25FN4O4S.C2HF3O2/c1-34-15-12-21(13-16-34)26-19-22(20-2-6-24(31)7-3-20)4-9-28(26)35-27-10-8-25(18-23(27)5-11-30(35)36)40(37,38)33-29-14-17-39-32-29;3-2(4,5)1(6)7/h2-12,14,17-19H,13,15-16H2,1H3,(H,32,33);(H,6,7). The summed E-state index contributed by atoms with van der Waals surface area (Å²) in [4.78, 5) is 24.5. The lowest BCUT2D eigenvalue weighted by Gasteiger charge is -2.25. The van der Waals surface area contributed by atoms with Crippen LogP contribution >= 0.6 is 0 Å². The van der Waals surface area contributed by atoms with Crippen LogP contribution in [0.4, 0.5) is 23.4 Å². The topological polar surface area (TPSA) is 135 Å². The van der Waals surface area contributed by atoms with Gasteiger partial charge in [0.05, 0.1) is 16.1 Å². The smallest absolute Gasteiger partial charge is 0.475 e. The van der Waals surface area contributed by atoms with Crippen molar-refractivity contribution >= 4 is 38.3 Å². The van der Waals surface area contributed by atoms with Crippen molar-refractivity contribution in [1.82, 2.24) is 14.6 Å². The molecule has 2 N–H and O–H groups in total. The van der Waals surface area contributed by atoms with Gasteiger partial charge in [-0.15, -0.1) is 0 Å². The molecule has 0 saturated carbocycles. The lowest BCUT2D eigenvalue weighted by Crippen LogP contribution is -2.24. The number of hydrogen-bond acceptors (Lipinski definition) is 7. The number of hydrogen-bond donors (Lipinski definition) is 2. The number of aliphatic carboxylic acids is 1. The van der Waals surface area contributed by atoms with Crippen LogP contribution in [0.15, 0.2) is 105 Å². The molecule has 0 amide bonds. The number of nitrogens with zero attached hydrogens (tertiary/aromatic N) is 3. The van der Waals surface area contributed by atoms with Crippen LogP contribution < -0.4 is 10.3 Å². The van der Waals surface area contributed by atoms with Gasteiger partial charge in [0, 0.05) is 36.2 Å². The number of carboxylic acid groups (broad SMARTS) is 1. The molecular weight excluding hydrogens is 644 g/mol. The van der Waals surface area contributed by atoms with Crippen molar-refractivity contribution in [2.75, 3.05) is 24.9 Å². The second-order valence-corrected chi connectivity index (χ2v) is 12.2. The van der Waals surface area contributed by atoms with E-state index < -0.39 is 22.2 Å². The third-order valence-corrected chi connectivity index (χ3v) is 8.62. The summed E-state index contributed by atoms with van der Waals surface area (Å²) in [5.41, 5.74) is 4.78. The first-order valence-electron chi connectivity index (χ1n) is 13.9. The van der Waals surface area contributed by atoms with E-state index >= 15 is 0 Å². The van der Waals surface area contributed by atoms with E-state index in [4.69, 9.17) is 14.4 Å². The average Bonchev–Trinajstić information content (AvgIpc) is 3.54. The molecule has 0 radical (unpaired) electrons. The number of anilines is 1. The van der Waals surface area contributed by atoms with E-state index in [1.54, 1.807) is 28.8 Å². The van der Waals surface area contributed by atoms with Gasteiger partial charge >= 0.3 is 12.1 Å². The molecule has 1 aliphatic heterocycles. The minimum Gasteiger partial charge on any atom is -0.475 e. The minimum atomic E-state index is -5.08. The molecule has 5 aromatic rings. The first kappa shape index (κ1) is 33.1. The van der Waals surface area contributed by atoms with E-state index in [-0.39, 0.29) is 22.1 Å². The van der Waals surface area contributed by atoms with Gasteiger partial charge in [-0.25, -0.2) is 17.6 Å². The fraction of sp³-hybridized carbons (Fsp3) is 0.156. The maximum atomic E-state index is 13.6. The van der Waals surface area contributed by atoms with Gasteiger partial charge in [-0.05, 0) is 78.7 Å². The highest BCUT2D eigenvalue weighted by molar-refractivity contribution is 7.92. The third-order valence-electron chi connectivity index (χ3n) is 7.27. The monoisotopic (exact) mass is 670 g/mol. The maximum absolute atomic E-state index is 13.6. The van der Waals surface area contributed by atoms with Crippen molar-refractivity contribution in [1.29, 1.82) is 0 Å². The highest BCUT2D eigenvalue weighted by Crippen LogP contribution is 2.33. The number of nitrogens with one attached hydrogen (secondary N) is 1. The molecule has 0 spiro atoms. The number of halogens is 4. The Morgan fingerprint density at radius 3 is 2.30 bits per heavy atom. The molecule has 0 unspecified atom stereocenters. The number of carbonyl (C=O) groups is 1. The first-order valence-corrected chi connectivity index (χ1v) is 15.4. The summed E-state index contributed by atoms with van der Waals surface area (Å²) < 4.78 is 79.9. The Labute approximate surface area is 265 Å². The van der Waals surface area contributed by atoms with Gasteiger partial charge in [-0.1, -0.05) is 29.4 Å². The Balaban J connectivity index is 0.000000559. The van der Waals surface area contributed by atoms with Crippen LogP contribution in [-0.2, 0) is 14.8 Å². The number of fused-ring (bicyclic) bond motifs is 1. The van der Waals surface area contributed by atoms with Gasteiger partial charge in [0.25, 0.3) is 15.6 Å². The molecular formula is C32H26F4N4O6S. The summed E-state index contributed by atoms with van der Waals surface area (Å²) >= 11 is 0. The summed E-state index contributed by atoms with van der Waals surface area (Å²) in [6.45, 7) is 1.65. The van der Waals surface area contributed by atoms with Gasteiger partial charge < -0.3 is 14.5 Å². The number of pyridine rings is 1. The van der Waals surface area contributed by atoms with Gasteiger partial charge in [-0.3, -0.25) is 14.1 Å². The Bertz CT molecular complexity index is 2130. The van der Waals surface area contributed by atoms with Crippen molar-refractivity contribution < 1.29 is 40.4 Å². The molecule has 244 valence electrons. The Kier molecular flexibility index (Phi) is 9.31. The van der Waals surface area contributed by atoms with E-state index in [0.29, 0.717) is 16.6 Å². The van der Waals surface area contributed by atoms with Crippen LogP contribution in [0.5, 0.6) is 0 Å². The predicted octanol–water partition coefficient (Wildman–Crippen LogP) is 5.94. The number of likely N-dealkylation sites (N-methyl/N-ethyl adjacent to an activating group) is 1. The summed E-state index contributed by atoms with van der Waals surface area (Å²) in [5.74, 6) is -2.99. The fourth-order valence-corrected chi connectivity index (χ4v) is 5.95. The van der Waals surface area contributed by atoms with E-state index in [2.05, 4.69) is 27.9 Å².